The van der Waals surface area contributed by atoms with Gasteiger partial charge in [-0.1, -0.05) is 42.1 Å². The number of Topliss-reactive ketones (excluding diaryl/α,β-unsaturated/α-hetero) is 1. The SMILES string of the molecule is CC(=O)c1ccc(NC2=N[C@@H](Cc3ccccc3)CS2)cc1. The van der Waals surface area contributed by atoms with Crippen molar-refractivity contribution in [1.82, 2.24) is 0 Å². The number of rotatable bonds is 4. The van der Waals surface area contributed by atoms with Crippen molar-refractivity contribution in [3.8, 4) is 0 Å². The van der Waals surface area contributed by atoms with Crippen LogP contribution >= 0.6 is 11.8 Å². The van der Waals surface area contributed by atoms with Crippen LogP contribution in [0.15, 0.2) is 59.6 Å². The van der Waals surface area contributed by atoms with Crippen molar-refractivity contribution in [3.63, 3.8) is 0 Å². The van der Waals surface area contributed by atoms with E-state index in [1.807, 2.05) is 30.3 Å². The molecule has 0 saturated heterocycles. The third-order valence-electron chi connectivity index (χ3n) is 3.57. The predicted molar refractivity (Wildman–Crippen MR) is 93.9 cm³/mol. The molecule has 1 aliphatic heterocycles. The molecular formula is C18H18N2OS. The van der Waals surface area contributed by atoms with E-state index in [9.17, 15) is 4.79 Å². The Kier molecular flexibility index (Phi) is 4.59. The molecule has 0 aromatic heterocycles. The molecule has 3 rings (SSSR count). The van der Waals surface area contributed by atoms with Gasteiger partial charge in [-0.05, 0) is 43.2 Å². The summed E-state index contributed by atoms with van der Waals surface area (Å²) >= 11 is 1.75. The topological polar surface area (TPSA) is 41.5 Å². The molecule has 3 nitrogen and oxygen atoms in total. The lowest BCUT2D eigenvalue weighted by molar-refractivity contribution is 0.101. The molecule has 0 fully saturated rings. The van der Waals surface area contributed by atoms with E-state index in [1.165, 1.54) is 5.56 Å². The molecule has 112 valence electrons. The number of nitrogens with zero attached hydrogens (tertiary/aromatic N) is 1. The number of benzene rings is 2. The van der Waals surface area contributed by atoms with Crippen LogP contribution in [0.3, 0.4) is 0 Å². The summed E-state index contributed by atoms with van der Waals surface area (Å²) in [7, 11) is 0. The molecule has 22 heavy (non-hydrogen) atoms. The monoisotopic (exact) mass is 310 g/mol. The highest BCUT2D eigenvalue weighted by molar-refractivity contribution is 8.14. The van der Waals surface area contributed by atoms with Crippen LogP contribution in [0.25, 0.3) is 0 Å². The largest absolute Gasteiger partial charge is 0.335 e. The third kappa shape index (κ3) is 3.77. The van der Waals surface area contributed by atoms with Crippen molar-refractivity contribution in [2.24, 2.45) is 4.99 Å². The molecule has 1 aliphatic rings. The molecule has 0 saturated carbocycles. The molecule has 0 unspecified atom stereocenters. The molecular weight excluding hydrogens is 292 g/mol. The molecule has 0 amide bonds. The van der Waals surface area contributed by atoms with Gasteiger partial charge in [0.05, 0.1) is 6.04 Å². The first-order valence-corrected chi connectivity index (χ1v) is 8.32. The number of carbonyl (C=O) groups excluding carboxylic acids is 1. The van der Waals surface area contributed by atoms with E-state index >= 15 is 0 Å². The highest BCUT2D eigenvalue weighted by atomic mass is 32.2. The highest BCUT2D eigenvalue weighted by Crippen LogP contribution is 2.23. The molecule has 4 heteroatoms. The normalized spacial score (nSPS) is 17.1. The minimum Gasteiger partial charge on any atom is -0.335 e. The van der Waals surface area contributed by atoms with Gasteiger partial charge in [-0.15, -0.1) is 0 Å². The third-order valence-corrected chi connectivity index (χ3v) is 4.60. The smallest absolute Gasteiger partial charge is 0.161 e. The van der Waals surface area contributed by atoms with Gasteiger partial charge in [-0.2, -0.15) is 0 Å². The fourth-order valence-corrected chi connectivity index (χ4v) is 3.34. The molecule has 0 spiro atoms. The maximum Gasteiger partial charge on any atom is 0.161 e. The summed E-state index contributed by atoms with van der Waals surface area (Å²) in [6.45, 7) is 1.58. The Bertz CT molecular complexity index is 680. The molecule has 2 aromatic rings. The van der Waals surface area contributed by atoms with Gasteiger partial charge in [-0.25, -0.2) is 0 Å². The zero-order valence-electron chi connectivity index (χ0n) is 12.5. The molecule has 1 atom stereocenters. The van der Waals surface area contributed by atoms with Crippen LogP contribution in [0, 0.1) is 0 Å². The van der Waals surface area contributed by atoms with Gasteiger partial charge >= 0.3 is 0 Å². The second-order valence-electron chi connectivity index (χ2n) is 5.35. The van der Waals surface area contributed by atoms with Gasteiger partial charge in [0.25, 0.3) is 0 Å². The van der Waals surface area contributed by atoms with Crippen LogP contribution in [0.5, 0.6) is 0 Å². The Labute approximate surface area is 134 Å². The summed E-state index contributed by atoms with van der Waals surface area (Å²) in [5, 5.41) is 4.28. The van der Waals surface area contributed by atoms with Crippen molar-refractivity contribution in [3.05, 3.63) is 65.7 Å². The zero-order chi connectivity index (χ0) is 15.4. The lowest BCUT2D eigenvalue weighted by atomic mass is 10.1. The summed E-state index contributed by atoms with van der Waals surface area (Å²) < 4.78 is 0. The van der Waals surface area contributed by atoms with Gasteiger partial charge in [0.1, 0.15) is 0 Å². The number of anilines is 1. The molecule has 0 bridgehead atoms. The Morgan fingerprint density at radius 1 is 1.18 bits per heavy atom. The molecule has 1 heterocycles. The second kappa shape index (κ2) is 6.79. The van der Waals surface area contributed by atoms with Crippen molar-refractivity contribution >= 4 is 28.4 Å². The Balaban J connectivity index is 1.61. The van der Waals surface area contributed by atoms with E-state index < -0.39 is 0 Å². The lowest BCUT2D eigenvalue weighted by Crippen LogP contribution is -2.08. The number of thioether (sulfide) groups is 1. The van der Waals surface area contributed by atoms with Gasteiger partial charge in [0, 0.05) is 17.0 Å². The van der Waals surface area contributed by atoms with Crippen LogP contribution in [-0.2, 0) is 6.42 Å². The standard InChI is InChI=1S/C18H18N2OS/c1-13(21)15-7-9-16(10-8-15)19-18-20-17(12-22-18)11-14-5-3-2-4-6-14/h2-10,17H,11-12H2,1H3,(H,19,20)/t17-/m0/s1. The first kappa shape index (κ1) is 14.9. The van der Waals surface area contributed by atoms with E-state index in [4.69, 9.17) is 4.99 Å². The van der Waals surface area contributed by atoms with Crippen LogP contribution in [0.1, 0.15) is 22.8 Å². The van der Waals surface area contributed by atoms with Crippen LogP contribution < -0.4 is 5.32 Å². The molecule has 0 aliphatic carbocycles. The number of carbonyl (C=O) groups is 1. The summed E-state index contributed by atoms with van der Waals surface area (Å²) in [6, 6.07) is 18.3. The van der Waals surface area contributed by atoms with Crippen LogP contribution in [0.4, 0.5) is 5.69 Å². The first-order chi connectivity index (χ1) is 10.7. The second-order valence-corrected chi connectivity index (χ2v) is 6.36. The summed E-state index contributed by atoms with van der Waals surface area (Å²) in [4.78, 5) is 16.0. The number of ketones is 1. The van der Waals surface area contributed by atoms with E-state index in [1.54, 1.807) is 18.7 Å². The van der Waals surface area contributed by atoms with Crippen molar-refractivity contribution in [1.29, 1.82) is 0 Å². The van der Waals surface area contributed by atoms with E-state index in [0.717, 1.165) is 28.6 Å². The van der Waals surface area contributed by atoms with E-state index in [2.05, 4.69) is 29.6 Å². The Hall–Kier alpha value is -2.07. The van der Waals surface area contributed by atoms with E-state index in [0.29, 0.717) is 6.04 Å². The number of hydrogen-bond donors (Lipinski definition) is 1. The maximum atomic E-state index is 11.3. The maximum absolute atomic E-state index is 11.3. The zero-order valence-corrected chi connectivity index (χ0v) is 13.3. The van der Waals surface area contributed by atoms with Gasteiger partial charge in [0.15, 0.2) is 11.0 Å². The predicted octanol–water partition coefficient (Wildman–Crippen LogP) is 4.02. The van der Waals surface area contributed by atoms with Crippen LogP contribution in [0.2, 0.25) is 0 Å². The van der Waals surface area contributed by atoms with Crippen LogP contribution in [-0.4, -0.2) is 22.7 Å². The first-order valence-electron chi connectivity index (χ1n) is 7.33. The number of aliphatic imine (C=N–C) groups is 1. The number of nitrogens with one attached hydrogen (secondary N) is 1. The Morgan fingerprint density at radius 3 is 2.59 bits per heavy atom. The molecule has 0 radical (unpaired) electrons. The van der Waals surface area contributed by atoms with Gasteiger partial charge < -0.3 is 5.32 Å². The average molecular weight is 310 g/mol. The quantitative estimate of drug-likeness (QED) is 0.867. The molecule has 2 aromatic carbocycles. The molecule has 1 N–H and O–H groups in total. The fourth-order valence-electron chi connectivity index (χ4n) is 2.39. The minimum absolute atomic E-state index is 0.0852. The van der Waals surface area contributed by atoms with Gasteiger partial charge in [-0.3, -0.25) is 9.79 Å². The summed E-state index contributed by atoms with van der Waals surface area (Å²) in [5.74, 6) is 1.09. The number of hydrogen-bond acceptors (Lipinski definition) is 4. The van der Waals surface area contributed by atoms with Crippen molar-refractivity contribution < 1.29 is 4.79 Å². The number of amidine groups is 1. The van der Waals surface area contributed by atoms with Crippen molar-refractivity contribution in [2.75, 3.05) is 11.1 Å². The average Bonchev–Trinajstić information content (AvgIpc) is 2.96. The fraction of sp³-hybridized carbons (Fsp3) is 0.222. The summed E-state index contributed by atoms with van der Waals surface area (Å²) in [5.41, 5.74) is 3.02. The minimum atomic E-state index is 0.0852. The highest BCUT2D eigenvalue weighted by Gasteiger charge is 2.18. The Morgan fingerprint density at radius 2 is 1.91 bits per heavy atom. The van der Waals surface area contributed by atoms with Crippen molar-refractivity contribution in [2.45, 2.75) is 19.4 Å². The van der Waals surface area contributed by atoms with E-state index in [-0.39, 0.29) is 5.78 Å². The lowest BCUT2D eigenvalue weighted by Gasteiger charge is -2.06. The summed E-state index contributed by atoms with van der Waals surface area (Å²) in [6.07, 6.45) is 0.974. The van der Waals surface area contributed by atoms with Gasteiger partial charge in [0.2, 0.25) is 0 Å².